The Morgan fingerprint density at radius 2 is 1.43 bits per heavy atom. The van der Waals surface area contributed by atoms with Crippen LogP contribution in [0.4, 0.5) is 17.1 Å². The molecule has 4 fully saturated rings. The number of carbonyl (C=O) groups is 3. The summed E-state index contributed by atoms with van der Waals surface area (Å²) in [6.07, 6.45) is 10.4. The molecule has 2 aromatic rings. The van der Waals surface area contributed by atoms with E-state index in [-0.39, 0.29) is 62.7 Å². The normalized spacial score (nSPS) is 39.8. The minimum Gasteiger partial charge on any atom is -0.462 e. The first-order valence-electron chi connectivity index (χ1n) is 19.3. The molecule has 0 bridgehead atoms. The van der Waals surface area contributed by atoms with Crippen LogP contribution >= 0.6 is 0 Å². The van der Waals surface area contributed by atoms with Crippen LogP contribution in [0.2, 0.25) is 0 Å². The lowest BCUT2D eigenvalue weighted by atomic mass is 9.33. The van der Waals surface area contributed by atoms with Gasteiger partial charge in [0.15, 0.2) is 5.78 Å². The van der Waals surface area contributed by atoms with Crippen molar-refractivity contribution in [2.24, 2.45) is 60.5 Å². The van der Waals surface area contributed by atoms with Gasteiger partial charge in [-0.1, -0.05) is 72.2 Å². The summed E-state index contributed by atoms with van der Waals surface area (Å²) in [5.74, 6) is 0.494. The molecule has 0 saturated heterocycles. The first kappa shape index (κ1) is 35.8. The summed E-state index contributed by atoms with van der Waals surface area (Å²) >= 11 is 0. The largest absolute Gasteiger partial charge is 0.462 e. The number of benzene rings is 2. The van der Waals surface area contributed by atoms with Gasteiger partial charge in [0.05, 0.1) is 11.4 Å². The van der Waals surface area contributed by atoms with Crippen molar-refractivity contribution < 1.29 is 19.1 Å². The van der Waals surface area contributed by atoms with Gasteiger partial charge in [-0.25, -0.2) is 0 Å². The number of esters is 1. The van der Waals surface area contributed by atoms with E-state index in [1.807, 2.05) is 54.6 Å². The highest BCUT2D eigenvalue weighted by atomic mass is 16.5. The Morgan fingerprint density at radius 1 is 0.784 bits per heavy atom. The van der Waals surface area contributed by atoms with Gasteiger partial charge < -0.3 is 10.1 Å². The maximum atomic E-state index is 14.8. The number of hydrogen-bond acceptors (Lipinski definition) is 6. The fraction of sp³-hybridized carbons (Fsp3) is 0.614. The third-order valence-electron chi connectivity index (χ3n) is 15.5. The van der Waals surface area contributed by atoms with Crippen LogP contribution in [0.5, 0.6) is 0 Å². The van der Waals surface area contributed by atoms with Crippen molar-refractivity contribution in [3.8, 4) is 0 Å². The minimum atomic E-state index is -0.557. The molecule has 0 radical (unpaired) electrons. The molecule has 0 aromatic heterocycles. The van der Waals surface area contributed by atoms with Crippen molar-refractivity contribution in [1.82, 2.24) is 0 Å². The van der Waals surface area contributed by atoms with Crippen molar-refractivity contribution in [3.63, 3.8) is 0 Å². The Labute approximate surface area is 304 Å². The van der Waals surface area contributed by atoms with Crippen LogP contribution in [-0.2, 0) is 19.1 Å². The molecule has 51 heavy (non-hydrogen) atoms. The molecule has 7 heteroatoms. The number of amides is 1. The lowest BCUT2D eigenvalue weighted by Crippen LogP contribution is -2.66. The third-order valence-corrected chi connectivity index (χ3v) is 15.5. The van der Waals surface area contributed by atoms with Gasteiger partial charge >= 0.3 is 5.97 Å². The molecule has 7 rings (SSSR count). The summed E-state index contributed by atoms with van der Waals surface area (Å²) in [5.41, 5.74) is 2.39. The summed E-state index contributed by atoms with van der Waals surface area (Å²) in [5, 5.41) is 11.9. The van der Waals surface area contributed by atoms with Crippen LogP contribution in [0, 0.1) is 50.2 Å². The van der Waals surface area contributed by atoms with Crippen molar-refractivity contribution in [3.05, 3.63) is 66.2 Å². The van der Waals surface area contributed by atoms with Crippen LogP contribution < -0.4 is 5.32 Å². The zero-order chi connectivity index (χ0) is 36.6. The van der Waals surface area contributed by atoms with Crippen molar-refractivity contribution in [1.29, 1.82) is 0 Å². The third kappa shape index (κ3) is 5.63. The van der Waals surface area contributed by atoms with Crippen LogP contribution in [-0.4, -0.2) is 23.8 Å². The second kappa shape index (κ2) is 12.2. The van der Waals surface area contributed by atoms with E-state index >= 15 is 0 Å². The molecule has 9 unspecified atom stereocenters. The molecule has 1 amide bonds. The number of hydrogen-bond donors (Lipinski definition) is 1. The molecule has 272 valence electrons. The summed E-state index contributed by atoms with van der Waals surface area (Å²) in [7, 11) is 0. The number of azo groups is 1. The van der Waals surface area contributed by atoms with E-state index in [2.05, 4.69) is 70.1 Å². The van der Waals surface area contributed by atoms with Crippen molar-refractivity contribution >= 4 is 34.7 Å². The Kier molecular flexibility index (Phi) is 8.58. The van der Waals surface area contributed by atoms with Crippen LogP contribution in [0.25, 0.3) is 0 Å². The second-order valence-electron chi connectivity index (χ2n) is 18.7. The van der Waals surface area contributed by atoms with Gasteiger partial charge in [-0.2, -0.15) is 10.2 Å². The van der Waals surface area contributed by atoms with E-state index < -0.39 is 5.41 Å². The predicted octanol–water partition coefficient (Wildman–Crippen LogP) is 11.0. The number of anilines is 1. The van der Waals surface area contributed by atoms with E-state index in [9.17, 15) is 14.4 Å². The number of rotatable bonds is 5. The molecular weight excluding hydrogens is 635 g/mol. The predicted molar refractivity (Wildman–Crippen MR) is 201 cm³/mol. The maximum Gasteiger partial charge on any atom is 0.302 e. The van der Waals surface area contributed by atoms with Gasteiger partial charge in [-0.3, -0.25) is 14.4 Å². The first-order valence-corrected chi connectivity index (χ1v) is 19.3. The molecule has 5 aliphatic carbocycles. The number of carbonyl (C=O) groups excluding carboxylic acids is 3. The summed E-state index contributed by atoms with van der Waals surface area (Å²) in [6.45, 7) is 17.8. The van der Waals surface area contributed by atoms with E-state index in [0.29, 0.717) is 5.92 Å². The van der Waals surface area contributed by atoms with Gasteiger partial charge in [0.25, 0.3) is 0 Å². The standard InChI is InChI=1S/C44H57N3O4/c1-28(48)51-36-19-20-42(6)35(39(36,2)3)18-21-44(8)37(42)34(49)26-32-33-27-41(5,23-22-40(33,4)24-25-43(32,44)7)38(50)45-29-14-16-31(17-15-29)47-46-30-12-10-9-11-13-30/h9-17,26,33,35-37H,18-25,27H2,1-8H3,(H,45,50). The zero-order valence-corrected chi connectivity index (χ0v) is 32.0. The second-order valence-corrected chi connectivity index (χ2v) is 18.7. The average molecular weight is 692 g/mol. The van der Waals surface area contributed by atoms with E-state index in [1.165, 1.54) is 12.5 Å². The van der Waals surface area contributed by atoms with E-state index in [0.717, 1.165) is 74.8 Å². The fourth-order valence-electron chi connectivity index (χ4n) is 12.3. The Bertz CT molecular complexity index is 1780. The maximum absolute atomic E-state index is 14.8. The molecule has 0 aliphatic heterocycles. The molecular formula is C44H57N3O4. The van der Waals surface area contributed by atoms with Crippen molar-refractivity contribution in [2.75, 3.05) is 5.32 Å². The Morgan fingerprint density at radius 3 is 2.10 bits per heavy atom. The number of allylic oxidation sites excluding steroid dienone is 2. The SMILES string of the molecule is CC(=O)OC1CCC2(C)C(CCC3(C)C2C(=O)C=C2C4CC(C)(C(=O)Nc5ccc(N=Nc6ccccc6)cc5)CCC4(C)CCC23C)C1(C)C. The monoisotopic (exact) mass is 691 g/mol. The number of fused-ring (bicyclic) bond motifs is 7. The molecule has 0 heterocycles. The topological polar surface area (TPSA) is 97.2 Å². The quantitative estimate of drug-likeness (QED) is 0.249. The number of ether oxygens (including phenoxy) is 1. The van der Waals surface area contributed by atoms with Gasteiger partial charge in [0.1, 0.15) is 6.10 Å². The Hall–Kier alpha value is -3.61. The molecule has 2 aromatic carbocycles. The lowest BCUT2D eigenvalue weighted by molar-refractivity contribution is -0.210. The summed E-state index contributed by atoms with van der Waals surface area (Å²) in [6, 6.07) is 17.2. The molecule has 7 nitrogen and oxygen atoms in total. The first-order chi connectivity index (χ1) is 24.0. The highest BCUT2D eigenvalue weighted by Crippen LogP contribution is 2.75. The highest BCUT2D eigenvalue weighted by Gasteiger charge is 2.70. The van der Waals surface area contributed by atoms with Crippen LogP contribution in [0.15, 0.2) is 76.5 Å². The van der Waals surface area contributed by atoms with Gasteiger partial charge in [-0.05, 0) is 134 Å². The van der Waals surface area contributed by atoms with Gasteiger partial charge in [-0.15, -0.1) is 0 Å². The molecule has 9 atom stereocenters. The van der Waals surface area contributed by atoms with Crippen molar-refractivity contribution in [2.45, 2.75) is 119 Å². The smallest absolute Gasteiger partial charge is 0.302 e. The molecule has 4 saturated carbocycles. The minimum absolute atomic E-state index is 0.0436. The van der Waals surface area contributed by atoms with Gasteiger partial charge in [0.2, 0.25) is 5.91 Å². The molecule has 0 spiro atoms. The number of nitrogens with zero attached hydrogens (tertiary/aromatic N) is 2. The van der Waals surface area contributed by atoms with E-state index in [1.54, 1.807) is 0 Å². The highest BCUT2D eigenvalue weighted by molar-refractivity contribution is 5.97. The average Bonchev–Trinajstić information content (AvgIpc) is 3.08. The lowest BCUT2D eigenvalue weighted by Gasteiger charge is -2.70. The number of nitrogens with one attached hydrogen (secondary N) is 1. The number of ketones is 1. The summed E-state index contributed by atoms with van der Waals surface area (Å²) < 4.78 is 5.89. The molecule has 1 N–H and O–H groups in total. The van der Waals surface area contributed by atoms with Crippen LogP contribution in [0.1, 0.15) is 113 Å². The molecule has 5 aliphatic rings. The van der Waals surface area contributed by atoms with E-state index in [4.69, 9.17) is 4.74 Å². The summed E-state index contributed by atoms with van der Waals surface area (Å²) in [4.78, 5) is 41.0. The zero-order valence-electron chi connectivity index (χ0n) is 32.0. The Balaban J connectivity index is 1.14. The van der Waals surface area contributed by atoms with Gasteiger partial charge in [0, 0.05) is 29.4 Å². The van der Waals surface area contributed by atoms with Crippen LogP contribution in [0.3, 0.4) is 0 Å². The fourth-order valence-corrected chi connectivity index (χ4v) is 12.3.